The zero-order valence-electron chi connectivity index (χ0n) is 8.02. The molecule has 0 bridgehead atoms. The number of rotatable bonds is 3. The second kappa shape index (κ2) is 5.14. The van der Waals surface area contributed by atoms with E-state index in [1.165, 1.54) is 11.1 Å². The van der Waals surface area contributed by atoms with E-state index in [1.54, 1.807) is 0 Å². The average molecular weight is 153 g/mol. The van der Waals surface area contributed by atoms with E-state index in [9.17, 15) is 0 Å². The zero-order chi connectivity index (χ0) is 8.85. The monoisotopic (exact) mass is 153 g/mol. The predicted molar refractivity (Wildman–Crippen MR) is 51.4 cm³/mol. The number of allylic oxidation sites excluding steroid dienone is 3. The Bertz CT molecular complexity index is 164. The molecule has 0 heterocycles. The summed E-state index contributed by atoms with van der Waals surface area (Å²) in [4.78, 5) is 0. The number of hydrogen-bond acceptors (Lipinski definition) is 1. The summed E-state index contributed by atoms with van der Waals surface area (Å²) < 4.78 is 0. The van der Waals surface area contributed by atoms with Crippen molar-refractivity contribution >= 4 is 0 Å². The van der Waals surface area contributed by atoms with Crippen molar-refractivity contribution in [1.82, 2.24) is 0 Å². The van der Waals surface area contributed by atoms with Crippen molar-refractivity contribution in [3.8, 4) is 0 Å². The van der Waals surface area contributed by atoms with Crippen LogP contribution in [-0.4, -0.2) is 6.54 Å². The highest BCUT2D eigenvalue weighted by Gasteiger charge is 1.92. The van der Waals surface area contributed by atoms with Crippen LogP contribution in [0, 0.1) is 5.92 Å². The van der Waals surface area contributed by atoms with Crippen LogP contribution in [0.2, 0.25) is 0 Å². The smallest absolute Gasteiger partial charge is 0.0137 e. The molecule has 0 spiro atoms. The van der Waals surface area contributed by atoms with Crippen LogP contribution in [0.5, 0.6) is 0 Å². The lowest BCUT2D eigenvalue weighted by Crippen LogP contribution is -1.99. The molecule has 0 unspecified atom stereocenters. The molecule has 11 heavy (non-hydrogen) atoms. The normalized spacial score (nSPS) is 14.4. The van der Waals surface area contributed by atoms with Crippen molar-refractivity contribution in [1.29, 1.82) is 0 Å². The van der Waals surface area contributed by atoms with Crippen molar-refractivity contribution in [2.24, 2.45) is 11.7 Å². The van der Waals surface area contributed by atoms with E-state index < -0.39 is 0 Å². The Morgan fingerprint density at radius 2 is 1.82 bits per heavy atom. The minimum absolute atomic E-state index is 0.636. The van der Waals surface area contributed by atoms with Gasteiger partial charge in [-0.1, -0.05) is 37.1 Å². The molecule has 0 fully saturated rings. The summed E-state index contributed by atoms with van der Waals surface area (Å²) in [5.74, 6) is 0.636. The van der Waals surface area contributed by atoms with E-state index in [2.05, 4.69) is 32.9 Å². The minimum atomic E-state index is 0.636. The molecule has 2 N–H and O–H groups in total. The lowest BCUT2D eigenvalue weighted by atomic mass is 10.0. The maximum Gasteiger partial charge on any atom is 0.0137 e. The summed E-state index contributed by atoms with van der Waals surface area (Å²) in [7, 11) is 0. The summed E-state index contributed by atoms with van der Waals surface area (Å²) in [6, 6.07) is 0. The largest absolute Gasteiger partial charge is 0.327 e. The standard InChI is InChI=1S/C10H19N/c1-8(2)10(4)6-5-9(3)7-11/h5-6,8H,7,11H2,1-4H3/b9-5+,10-6+. The van der Waals surface area contributed by atoms with E-state index in [0.717, 1.165) is 0 Å². The summed E-state index contributed by atoms with van der Waals surface area (Å²) >= 11 is 0. The summed E-state index contributed by atoms with van der Waals surface area (Å²) in [6.45, 7) is 9.23. The second-order valence-electron chi connectivity index (χ2n) is 3.28. The first-order valence-corrected chi connectivity index (χ1v) is 4.12. The fourth-order valence-corrected chi connectivity index (χ4v) is 0.534. The fourth-order valence-electron chi connectivity index (χ4n) is 0.534. The van der Waals surface area contributed by atoms with Gasteiger partial charge in [-0.3, -0.25) is 0 Å². The molecule has 0 aliphatic carbocycles. The number of nitrogens with two attached hydrogens (primary N) is 1. The highest BCUT2D eigenvalue weighted by molar-refractivity contribution is 5.16. The second-order valence-corrected chi connectivity index (χ2v) is 3.28. The maximum atomic E-state index is 5.44. The average Bonchev–Trinajstić information content (AvgIpc) is 1.99. The quantitative estimate of drug-likeness (QED) is 0.619. The minimum Gasteiger partial charge on any atom is -0.327 e. The van der Waals surface area contributed by atoms with Gasteiger partial charge in [0.2, 0.25) is 0 Å². The van der Waals surface area contributed by atoms with Gasteiger partial charge < -0.3 is 5.73 Å². The summed E-state index contributed by atoms with van der Waals surface area (Å²) in [5, 5.41) is 0. The van der Waals surface area contributed by atoms with Crippen molar-refractivity contribution in [2.75, 3.05) is 6.54 Å². The maximum absolute atomic E-state index is 5.44. The van der Waals surface area contributed by atoms with Gasteiger partial charge in [-0.05, 0) is 19.8 Å². The van der Waals surface area contributed by atoms with Crippen molar-refractivity contribution in [2.45, 2.75) is 27.7 Å². The molecule has 0 atom stereocenters. The highest BCUT2D eigenvalue weighted by Crippen LogP contribution is 2.08. The van der Waals surface area contributed by atoms with Crippen LogP contribution in [0.3, 0.4) is 0 Å². The Morgan fingerprint density at radius 1 is 1.27 bits per heavy atom. The molecule has 1 nitrogen and oxygen atoms in total. The van der Waals surface area contributed by atoms with Gasteiger partial charge in [-0.2, -0.15) is 0 Å². The van der Waals surface area contributed by atoms with Crippen LogP contribution in [0.4, 0.5) is 0 Å². The third-order valence-electron chi connectivity index (χ3n) is 1.86. The van der Waals surface area contributed by atoms with Gasteiger partial charge in [0, 0.05) is 6.54 Å². The Morgan fingerprint density at radius 3 is 2.18 bits per heavy atom. The van der Waals surface area contributed by atoms with Gasteiger partial charge in [-0.25, -0.2) is 0 Å². The zero-order valence-corrected chi connectivity index (χ0v) is 8.02. The van der Waals surface area contributed by atoms with E-state index in [0.29, 0.717) is 12.5 Å². The lowest BCUT2D eigenvalue weighted by Gasteiger charge is -2.02. The fraction of sp³-hybridized carbons (Fsp3) is 0.600. The molecule has 64 valence electrons. The Kier molecular flexibility index (Phi) is 4.88. The molecule has 0 aromatic heterocycles. The van der Waals surface area contributed by atoms with E-state index in [-0.39, 0.29) is 0 Å². The van der Waals surface area contributed by atoms with Crippen LogP contribution in [-0.2, 0) is 0 Å². The third kappa shape index (κ3) is 4.79. The summed E-state index contributed by atoms with van der Waals surface area (Å²) in [5.41, 5.74) is 8.06. The van der Waals surface area contributed by atoms with Gasteiger partial charge in [0.25, 0.3) is 0 Å². The van der Waals surface area contributed by atoms with Crippen LogP contribution in [0.1, 0.15) is 27.7 Å². The molecule has 0 saturated heterocycles. The molecule has 0 aromatic rings. The van der Waals surface area contributed by atoms with Crippen molar-refractivity contribution in [3.05, 3.63) is 23.3 Å². The topological polar surface area (TPSA) is 26.0 Å². The van der Waals surface area contributed by atoms with Gasteiger partial charge in [0.1, 0.15) is 0 Å². The number of hydrogen-bond donors (Lipinski definition) is 1. The summed E-state index contributed by atoms with van der Waals surface area (Å²) in [6.07, 6.45) is 4.24. The van der Waals surface area contributed by atoms with Crippen LogP contribution < -0.4 is 5.73 Å². The first kappa shape index (κ1) is 10.4. The molecule has 1 heteroatoms. The molecule has 0 aliphatic heterocycles. The Balaban J connectivity index is 4.11. The van der Waals surface area contributed by atoms with Gasteiger partial charge >= 0.3 is 0 Å². The Labute approximate surface area is 70.0 Å². The first-order valence-electron chi connectivity index (χ1n) is 4.12. The lowest BCUT2D eigenvalue weighted by molar-refractivity contribution is 0.769. The van der Waals surface area contributed by atoms with Crippen LogP contribution >= 0.6 is 0 Å². The molecule has 0 aromatic carbocycles. The molecule has 0 aliphatic rings. The van der Waals surface area contributed by atoms with Crippen molar-refractivity contribution < 1.29 is 0 Å². The molecule has 0 radical (unpaired) electrons. The molecular formula is C10H19N. The van der Waals surface area contributed by atoms with Crippen molar-refractivity contribution in [3.63, 3.8) is 0 Å². The molecule has 0 saturated carbocycles. The van der Waals surface area contributed by atoms with Crippen LogP contribution in [0.25, 0.3) is 0 Å². The molecular weight excluding hydrogens is 134 g/mol. The van der Waals surface area contributed by atoms with Crippen LogP contribution in [0.15, 0.2) is 23.3 Å². The SMILES string of the molecule is C/C(=C\C=C(/C)C(C)C)CN. The van der Waals surface area contributed by atoms with Gasteiger partial charge in [0.05, 0.1) is 0 Å². The first-order chi connectivity index (χ1) is 5.07. The van der Waals surface area contributed by atoms with E-state index in [4.69, 9.17) is 5.73 Å². The van der Waals surface area contributed by atoms with E-state index in [1.807, 2.05) is 6.92 Å². The van der Waals surface area contributed by atoms with Gasteiger partial charge in [-0.15, -0.1) is 0 Å². The van der Waals surface area contributed by atoms with Gasteiger partial charge in [0.15, 0.2) is 0 Å². The third-order valence-corrected chi connectivity index (χ3v) is 1.86. The Hall–Kier alpha value is -0.560. The molecule has 0 amide bonds. The predicted octanol–water partition coefficient (Wildman–Crippen LogP) is 2.49. The molecule has 0 rings (SSSR count). The highest BCUT2D eigenvalue weighted by atomic mass is 14.5. The van der Waals surface area contributed by atoms with E-state index >= 15 is 0 Å².